The second-order valence-electron chi connectivity index (χ2n) is 11.7. The zero-order chi connectivity index (χ0) is 27.7. The molecule has 7 nitrogen and oxygen atoms in total. The van der Waals surface area contributed by atoms with E-state index in [0.29, 0.717) is 26.1 Å². The van der Waals surface area contributed by atoms with Crippen LogP contribution in [0.4, 0.5) is 0 Å². The minimum Gasteiger partial charge on any atom is -0.489 e. The van der Waals surface area contributed by atoms with Gasteiger partial charge in [0.25, 0.3) is 0 Å². The quantitative estimate of drug-likeness (QED) is 0.369. The maximum Gasteiger partial charge on any atom is 0.309 e. The second-order valence-corrected chi connectivity index (χ2v) is 11.7. The van der Waals surface area contributed by atoms with Gasteiger partial charge in [-0.25, -0.2) is 0 Å². The van der Waals surface area contributed by atoms with Crippen molar-refractivity contribution in [3.05, 3.63) is 65.7 Å². The number of hydrogen-bond acceptors (Lipinski definition) is 6. The third-order valence-electron chi connectivity index (χ3n) is 5.64. The molecule has 0 heterocycles. The lowest BCUT2D eigenvalue weighted by molar-refractivity contribution is -0.161. The van der Waals surface area contributed by atoms with Crippen molar-refractivity contribution < 1.29 is 23.8 Å². The van der Waals surface area contributed by atoms with E-state index in [-0.39, 0.29) is 18.3 Å². The lowest BCUT2D eigenvalue weighted by Gasteiger charge is -2.31. The molecule has 37 heavy (non-hydrogen) atoms. The number of carbonyl (C=O) groups excluding carboxylic acids is 2. The maximum atomic E-state index is 12.8. The van der Waals surface area contributed by atoms with Gasteiger partial charge in [-0.15, -0.1) is 0 Å². The SMILES string of the molecule is CC(C)(CCOC(C)(C)CC(=O)OC(C)(C)C)NC(=O)[C@@H](N)Cc1ccc(OCc2ccccc2)cc1. The number of carbonyl (C=O) groups is 2. The summed E-state index contributed by atoms with van der Waals surface area (Å²) in [5.41, 5.74) is 6.54. The third kappa shape index (κ3) is 12.3. The molecule has 0 radical (unpaired) electrons. The van der Waals surface area contributed by atoms with Crippen LogP contribution in [0, 0.1) is 0 Å². The van der Waals surface area contributed by atoms with Crippen molar-refractivity contribution in [2.24, 2.45) is 5.73 Å². The fourth-order valence-electron chi connectivity index (χ4n) is 3.66. The number of amides is 1. The molecule has 0 aromatic heterocycles. The zero-order valence-corrected chi connectivity index (χ0v) is 23.4. The molecule has 204 valence electrons. The van der Waals surface area contributed by atoms with Gasteiger partial charge in [0.1, 0.15) is 18.0 Å². The molecule has 0 aliphatic heterocycles. The predicted octanol–water partition coefficient (Wildman–Crippen LogP) is 4.95. The normalized spacial score (nSPS) is 13.1. The van der Waals surface area contributed by atoms with E-state index in [4.69, 9.17) is 19.9 Å². The van der Waals surface area contributed by atoms with E-state index in [9.17, 15) is 9.59 Å². The van der Waals surface area contributed by atoms with Crippen LogP contribution in [0.5, 0.6) is 5.75 Å². The van der Waals surface area contributed by atoms with Crippen molar-refractivity contribution in [2.75, 3.05) is 6.61 Å². The highest BCUT2D eigenvalue weighted by molar-refractivity contribution is 5.82. The van der Waals surface area contributed by atoms with Gasteiger partial charge in [0.2, 0.25) is 5.91 Å². The molecule has 0 saturated carbocycles. The summed E-state index contributed by atoms with van der Waals surface area (Å²) in [6.45, 7) is 14.0. The van der Waals surface area contributed by atoms with Crippen molar-refractivity contribution in [2.45, 2.75) is 97.1 Å². The molecule has 0 aliphatic rings. The van der Waals surface area contributed by atoms with Gasteiger partial charge in [-0.2, -0.15) is 0 Å². The van der Waals surface area contributed by atoms with Gasteiger partial charge >= 0.3 is 5.97 Å². The van der Waals surface area contributed by atoms with E-state index in [1.807, 2.05) is 103 Å². The fourth-order valence-corrected chi connectivity index (χ4v) is 3.66. The van der Waals surface area contributed by atoms with Gasteiger partial charge in [-0.05, 0) is 84.6 Å². The standard InChI is InChI=1S/C30H44N2O5/c1-28(2,3)37-26(33)20-30(6,7)36-18-17-29(4,5)32-27(34)25(31)19-22-13-15-24(16-14-22)35-21-23-11-9-8-10-12-23/h8-16,25H,17-21,31H2,1-7H3,(H,32,34)/t25-/m0/s1. The molecule has 7 heteroatoms. The van der Waals surface area contributed by atoms with Crippen molar-refractivity contribution in [3.8, 4) is 5.75 Å². The van der Waals surface area contributed by atoms with Gasteiger partial charge < -0.3 is 25.3 Å². The average Bonchev–Trinajstić information content (AvgIpc) is 2.77. The topological polar surface area (TPSA) is 99.9 Å². The van der Waals surface area contributed by atoms with E-state index in [2.05, 4.69) is 5.32 Å². The highest BCUT2D eigenvalue weighted by atomic mass is 16.6. The molecule has 3 N–H and O–H groups in total. The van der Waals surface area contributed by atoms with Crippen LogP contribution in [0.25, 0.3) is 0 Å². The number of rotatable bonds is 13. The summed E-state index contributed by atoms with van der Waals surface area (Å²) in [5, 5.41) is 3.02. The van der Waals surface area contributed by atoms with Crippen molar-refractivity contribution in [1.82, 2.24) is 5.32 Å². The first-order valence-corrected chi connectivity index (χ1v) is 12.8. The number of nitrogens with one attached hydrogen (secondary N) is 1. The Hall–Kier alpha value is -2.90. The first-order chi connectivity index (χ1) is 17.1. The van der Waals surface area contributed by atoms with Gasteiger partial charge in [0.15, 0.2) is 0 Å². The molecule has 0 fully saturated rings. The number of esters is 1. The summed E-state index contributed by atoms with van der Waals surface area (Å²) in [5.74, 6) is 0.246. The summed E-state index contributed by atoms with van der Waals surface area (Å²) in [6.07, 6.45) is 1.13. The van der Waals surface area contributed by atoms with E-state index in [1.54, 1.807) is 0 Å². The van der Waals surface area contributed by atoms with Crippen molar-refractivity contribution in [3.63, 3.8) is 0 Å². The molecule has 2 rings (SSSR count). The molecule has 0 aliphatic carbocycles. The smallest absolute Gasteiger partial charge is 0.309 e. The third-order valence-corrected chi connectivity index (χ3v) is 5.64. The van der Waals surface area contributed by atoms with E-state index >= 15 is 0 Å². The van der Waals surface area contributed by atoms with Crippen LogP contribution in [-0.4, -0.2) is 41.3 Å². The molecule has 0 saturated heterocycles. The van der Waals surface area contributed by atoms with Gasteiger partial charge in [-0.1, -0.05) is 42.5 Å². The molecule has 2 aromatic carbocycles. The number of ether oxygens (including phenoxy) is 3. The summed E-state index contributed by atoms with van der Waals surface area (Å²) in [6, 6.07) is 16.9. The first-order valence-electron chi connectivity index (χ1n) is 12.8. The van der Waals surface area contributed by atoms with Crippen LogP contribution >= 0.6 is 0 Å². The zero-order valence-electron chi connectivity index (χ0n) is 23.4. The predicted molar refractivity (Wildman–Crippen MR) is 146 cm³/mol. The largest absolute Gasteiger partial charge is 0.489 e. The first kappa shape index (κ1) is 30.3. The van der Waals surface area contributed by atoms with Crippen LogP contribution in [-0.2, 0) is 32.1 Å². The molecule has 0 bridgehead atoms. The van der Waals surface area contributed by atoms with E-state index < -0.39 is 22.8 Å². The Bertz CT molecular complexity index is 995. The fraction of sp³-hybridized carbons (Fsp3) is 0.533. The lowest BCUT2D eigenvalue weighted by Crippen LogP contribution is -2.51. The van der Waals surface area contributed by atoms with Crippen LogP contribution in [0.2, 0.25) is 0 Å². The summed E-state index contributed by atoms with van der Waals surface area (Å²) < 4.78 is 17.2. The van der Waals surface area contributed by atoms with Crippen LogP contribution in [0.15, 0.2) is 54.6 Å². The van der Waals surface area contributed by atoms with Gasteiger partial charge in [-0.3, -0.25) is 9.59 Å². The maximum absolute atomic E-state index is 12.8. The van der Waals surface area contributed by atoms with Crippen molar-refractivity contribution in [1.29, 1.82) is 0 Å². The van der Waals surface area contributed by atoms with Gasteiger partial charge in [0, 0.05) is 12.1 Å². The Morgan fingerprint density at radius 1 is 0.892 bits per heavy atom. The second kappa shape index (κ2) is 13.1. The Morgan fingerprint density at radius 2 is 1.51 bits per heavy atom. The number of benzene rings is 2. The summed E-state index contributed by atoms with van der Waals surface area (Å²) in [4.78, 5) is 24.9. The van der Waals surface area contributed by atoms with E-state index in [1.165, 1.54) is 0 Å². The monoisotopic (exact) mass is 512 g/mol. The molecule has 0 spiro atoms. The summed E-state index contributed by atoms with van der Waals surface area (Å²) in [7, 11) is 0. The highest BCUT2D eigenvalue weighted by Crippen LogP contribution is 2.20. The minimum atomic E-state index is -0.681. The Morgan fingerprint density at radius 3 is 2.11 bits per heavy atom. The van der Waals surface area contributed by atoms with E-state index in [0.717, 1.165) is 16.9 Å². The Labute approximate surface area is 222 Å². The minimum absolute atomic E-state index is 0.151. The molecular weight excluding hydrogens is 468 g/mol. The van der Waals surface area contributed by atoms with Gasteiger partial charge in [0.05, 0.1) is 18.1 Å². The molecular formula is C30H44N2O5. The molecule has 1 atom stereocenters. The Balaban J connectivity index is 1.76. The highest BCUT2D eigenvalue weighted by Gasteiger charge is 2.29. The number of hydrogen-bond donors (Lipinski definition) is 2. The molecule has 1 amide bonds. The van der Waals surface area contributed by atoms with Crippen LogP contribution < -0.4 is 15.8 Å². The van der Waals surface area contributed by atoms with Crippen LogP contribution in [0.1, 0.15) is 72.4 Å². The number of nitrogens with two attached hydrogens (primary N) is 1. The summed E-state index contributed by atoms with van der Waals surface area (Å²) >= 11 is 0. The average molecular weight is 513 g/mol. The molecule has 0 unspecified atom stereocenters. The Kier molecular flexibility index (Phi) is 10.7. The molecule has 2 aromatic rings. The lowest BCUT2D eigenvalue weighted by atomic mass is 9.98. The van der Waals surface area contributed by atoms with Crippen LogP contribution in [0.3, 0.4) is 0 Å². The van der Waals surface area contributed by atoms with Crippen molar-refractivity contribution >= 4 is 11.9 Å².